The molecule has 3 aromatic rings. The first-order valence-electron chi connectivity index (χ1n) is 5.70. The highest BCUT2D eigenvalue weighted by Crippen LogP contribution is 2.20. The van der Waals surface area contributed by atoms with E-state index in [2.05, 4.69) is 25.3 Å². The van der Waals surface area contributed by atoms with E-state index < -0.39 is 0 Å². The Morgan fingerprint density at radius 1 is 1.10 bits per heavy atom. The third kappa shape index (κ3) is 2.30. The van der Waals surface area contributed by atoms with E-state index in [1.807, 2.05) is 30.3 Å². The summed E-state index contributed by atoms with van der Waals surface area (Å²) in [6.07, 6.45) is 1.55. The summed E-state index contributed by atoms with van der Waals surface area (Å²) in [6, 6.07) is 9.67. The van der Waals surface area contributed by atoms with Crippen molar-refractivity contribution in [2.24, 2.45) is 0 Å². The van der Waals surface area contributed by atoms with Gasteiger partial charge in [-0.15, -0.1) is 5.10 Å². The summed E-state index contributed by atoms with van der Waals surface area (Å²) in [6.45, 7) is 0. The summed E-state index contributed by atoms with van der Waals surface area (Å²) in [4.78, 5) is 12.1. The van der Waals surface area contributed by atoms with Gasteiger partial charge in [0.15, 0.2) is 5.82 Å². The molecule has 0 aliphatic carbocycles. The minimum absolute atomic E-state index is 0.0488. The highest BCUT2D eigenvalue weighted by Gasteiger charge is 2.14. The zero-order chi connectivity index (χ0) is 13.9. The number of methoxy groups -OCH3 is 1. The summed E-state index contributed by atoms with van der Waals surface area (Å²) >= 11 is 5.85. The number of hydrogen-bond donors (Lipinski definition) is 0. The molecule has 1 aromatic carbocycles. The van der Waals surface area contributed by atoms with Crippen LogP contribution in [0.15, 0.2) is 36.5 Å². The van der Waals surface area contributed by atoms with E-state index in [1.54, 1.807) is 10.9 Å². The topological polar surface area (TPSA) is 78.6 Å². The number of rotatable bonds is 3. The second kappa shape index (κ2) is 5.22. The maximum absolute atomic E-state index is 5.85. The van der Waals surface area contributed by atoms with E-state index in [0.717, 1.165) is 5.69 Å². The second-order valence-corrected chi connectivity index (χ2v) is 4.12. The Kier molecular flexibility index (Phi) is 3.26. The fourth-order valence-electron chi connectivity index (χ4n) is 1.69. The van der Waals surface area contributed by atoms with E-state index >= 15 is 0 Å². The first-order chi connectivity index (χ1) is 9.78. The molecule has 100 valence electrons. The Hall–Kier alpha value is -2.54. The molecule has 8 heteroatoms. The molecule has 0 radical (unpaired) electrons. The number of halogens is 1. The molecule has 0 bridgehead atoms. The summed E-state index contributed by atoms with van der Waals surface area (Å²) in [7, 11) is 1.46. The maximum atomic E-state index is 5.85. The van der Waals surface area contributed by atoms with Gasteiger partial charge in [0.05, 0.1) is 19.0 Å². The smallest absolute Gasteiger partial charge is 0.321 e. The first kappa shape index (κ1) is 12.5. The first-order valence-corrected chi connectivity index (χ1v) is 6.08. The molecule has 0 N–H and O–H groups in total. The van der Waals surface area contributed by atoms with Crippen molar-refractivity contribution in [2.75, 3.05) is 7.11 Å². The van der Waals surface area contributed by atoms with Crippen LogP contribution in [0.4, 0.5) is 0 Å². The highest BCUT2D eigenvalue weighted by atomic mass is 35.5. The number of nitrogens with zero attached hydrogens (tertiary/aromatic N) is 6. The van der Waals surface area contributed by atoms with Crippen molar-refractivity contribution in [3.05, 3.63) is 41.8 Å². The SMILES string of the molecule is COc1nc(Cl)nc(-c2cnnn2-c2ccccc2)n1. The Morgan fingerprint density at radius 3 is 2.65 bits per heavy atom. The van der Waals surface area contributed by atoms with Gasteiger partial charge in [0.1, 0.15) is 5.69 Å². The van der Waals surface area contributed by atoms with Crippen molar-refractivity contribution in [3.63, 3.8) is 0 Å². The molecule has 0 atom stereocenters. The molecule has 20 heavy (non-hydrogen) atoms. The molecule has 0 saturated heterocycles. The molecule has 0 unspecified atom stereocenters. The lowest BCUT2D eigenvalue weighted by Gasteiger charge is -2.05. The van der Waals surface area contributed by atoms with Gasteiger partial charge in [0, 0.05) is 0 Å². The lowest BCUT2D eigenvalue weighted by atomic mass is 10.3. The van der Waals surface area contributed by atoms with Crippen LogP contribution in [0.25, 0.3) is 17.2 Å². The van der Waals surface area contributed by atoms with Gasteiger partial charge in [-0.2, -0.15) is 15.0 Å². The van der Waals surface area contributed by atoms with Gasteiger partial charge in [0.25, 0.3) is 0 Å². The Balaban J connectivity index is 2.13. The van der Waals surface area contributed by atoms with Gasteiger partial charge in [0.2, 0.25) is 5.28 Å². The molecule has 7 nitrogen and oxygen atoms in total. The predicted molar refractivity (Wildman–Crippen MR) is 71.7 cm³/mol. The van der Waals surface area contributed by atoms with Crippen LogP contribution in [0.5, 0.6) is 6.01 Å². The third-order valence-electron chi connectivity index (χ3n) is 2.55. The van der Waals surface area contributed by atoms with Crippen LogP contribution in [0, 0.1) is 0 Å². The Morgan fingerprint density at radius 2 is 1.90 bits per heavy atom. The van der Waals surface area contributed by atoms with E-state index in [1.165, 1.54) is 7.11 Å². The van der Waals surface area contributed by atoms with Gasteiger partial charge in [-0.1, -0.05) is 23.4 Å². The van der Waals surface area contributed by atoms with E-state index in [-0.39, 0.29) is 11.3 Å². The summed E-state index contributed by atoms with van der Waals surface area (Å²) in [5.74, 6) is 0.343. The van der Waals surface area contributed by atoms with Crippen LogP contribution in [0.3, 0.4) is 0 Å². The van der Waals surface area contributed by atoms with Crippen LogP contribution in [-0.4, -0.2) is 37.1 Å². The van der Waals surface area contributed by atoms with Gasteiger partial charge < -0.3 is 4.74 Å². The van der Waals surface area contributed by atoms with Gasteiger partial charge in [-0.05, 0) is 23.7 Å². The van der Waals surface area contributed by atoms with Crippen molar-refractivity contribution >= 4 is 11.6 Å². The average Bonchev–Trinajstić information content (AvgIpc) is 2.97. The summed E-state index contributed by atoms with van der Waals surface area (Å²) in [5, 5.41) is 7.97. The number of para-hydroxylation sites is 1. The van der Waals surface area contributed by atoms with Crippen LogP contribution in [0.2, 0.25) is 5.28 Å². The Labute approximate surface area is 119 Å². The van der Waals surface area contributed by atoms with Crippen LogP contribution in [0.1, 0.15) is 0 Å². The molecule has 2 heterocycles. The zero-order valence-electron chi connectivity index (χ0n) is 10.4. The largest absolute Gasteiger partial charge is 0.467 e. The van der Waals surface area contributed by atoms with E-state index in [4.69, 9.17) is 16.3 Å². The fraction of sp³-hybridized carbons (Fsp3) is 0.0833. The van der Waals surface area contributed by atoms with E-state index in [0.29, 0.717) is 11.5 Å². The van der Waals surface area contributed by atoms with Crippen LogP contribution < -0.4 is 4.74 Å². The fourth-order valence-corrected chi connectivity index (χ4v) is 1.84. The molecule has 0 amide bonds. The molecular formula is C12H9ClN6O. The average molecular weight is 289 g/mol. The van der Waals surface area contributed by atoms with Gasteiger partial charge >= 0.3 is 6.01 Å². The van der Waals surface area contributed by atoms with Crippen LogP contribution in [-0.2, 0) is 0 Å². The molecule has 0 aliphatic rings. The standard InChI is InChI=1S/C12H9ClN6O/c1-20-12-16-10(15-11(13)17-12)9-7-14-18-19(9)8-5-3-2-4-6-8/h2-7H,1H3. The zero-order valence-corrected chi connectivity index (χ0v) is 11.2. The predicted octanol–water partition coefficient (Wildman–Crippen LogP) is 1.78. The molecular weight excluding hydrogens is 280 g/mol. The van der Waals surface area contributed by atoms with Gasteiger partial charge in [-0.25, -0.2) is 4.68 Å². The number of aromatic nitrogens is 6. The number of ether oxygens (including phenoxy) is 1. The van der Waals surface area contributed by atoms with Crippen LogP contribution >= 0.6 is 11.6 Å². The second-order valence-electron chi connectivity index (χ2n) is 3.78. The van der Waals surface area contributed by atoms with E-state index in [9.17, 15) is 0 Å². The normalized spacial score (nSPS) is 10.5. The lowest BCUT2D eigenvalue weighted by Crippen LogP contribution is -2.03. The van der Waals surface area contributed by atoms with Crippen molar-refractivity contribution in [2.45, 2.75) is 0 Å². The number of benzene rings is 1. The van der Waals surface area contributed by atoms with Crippen molar-refractivity contribution in [3.8, 4) is 23.2 Å². The molecule has 0 fully saturated rings. The van der Waals surface area contributed by atoms with Crippen molar-refractivity contribution in [1.82, 2.24) is 29.9 Å². The molecule has 0 aliphatic heterocycles. The Bertz CT molecular complexity index is 730. The highest BCUT2D eigenvalue weighted by molar-refractivity contribution is 6.28. The number of hydrogen-bond acceptors (Lipinski definition) is 6. The molecule has 2 aromatic heterocycles. The molecule has 0 saturated carbocycles. The lowest BCUT2D eigenvalue weighted by molar-refractivity contribution is 0.378. The van der Waals surface area contributed by atoms with Crippen molar-refractivity contribution < 1.29 is 4.74 Å². The maximum Gasteiger partial charge on any atom is 0.321 e. The quantitative estimate of drug-likeness (QED) is 0.731. The van der Waals surface area contributed by atoms with Crippen molar-refractivity contribution in [1.29, 1.82) is 0 Å². The third-order valence-corrected chi connectivity index (χ3v) is 2.72. The summed E-state index contributed by atoms with van der Waals surface area (Å²) < 4.78 is 6.60. The molecule has 0 spiro atoms. The van der Waals surface area contributed by atoms with Gasteiger partial charge in [-0.3, -0.25) is 0 Å². The summed E-state index contributed by atoms with van der Waals surface area (Å²) in [5.41, 5.74) is 1.44. The molecule has 3 rings (SSSR count). The minimum Gasteiger partial charge on any atom is -0.467 e. The minimum atomic E-state index is 0.0488. The monoisotopic (exact) mass is 288 g/mol.